The van der Waals surface area contributed by atoms with Gasteiger partial charge in [-0.15, -0.1) is 0 Å². The molecule has 0 saturated heterocycles. The van der Waals surface area contributed by atoms with Gasteiger partial charge >= 0.3 is 5.97 Å². The Morgan fingerprint density at radius 1 is 1.03 bits per heavy atom. The molecule has 0 spiro atoms. The van der Waals surface area contributed by atoms with Crippen LogP contribution in [0.5, 0.6) is 5.75 Å². The van der Waals surface area contributed by atoms with Crippen molar-refractivity contribution >= 4 is 29.1 Å². The van der Waals surface area contributed by atoms with E-state index in [0.29, 0.717) is 32.8 Å². The molecule has 0 N–H and O–H groups in total. The molecule has 0 unspecified atom stereocenters. The molecule has 1 aromatic heterocycles. The highest BCUT2D eigenvalue weighted by Crippen LogP contribution is 2.35. The Labute approximate surface area is 229 Å². The summed E-state index contributed by atoms with van der Waals surface area (Å²) in [5, 5.41) is 0. The molecule has 1 aliphatic heterocycles. The van der Waals surface area contributed by atoms with E-state index in [1.54, 1.807) is 25.1 Å². The van der Waals surface area contributed by atoms with Crippen LogP contribution in [-0.4, -0.2) is 23.8 Å². The van der Waals surface area contributed by atoms with E-state index < -0.39 is 17.8 Å². The smallest absolute Gasteiger partial charge is 0.338 e. The number of nitrogens with zero attached hydrogens (tertiary/aromatic N) is 2. The number of benzene rings is 3. The standard InChI is InChI=1S/C31H27FN2O4S/c1-3-18-38-24-16-10-20(11-17-24)19-25-29(35)34-28(22-12-14-23(32)15-13-22)26(30(36)37-4-2)27(33-31(34)39-25)21-8-6-5-7-9-21/h5-17,19,28H,3-4,18H2,1-2H3/b25-19-/t28-/m1/s1. The zero-order valence-corrected chi connectivity index (χ0v) is 22.4. The van der Waals surface area contributed by atoms with E-state index in [-0.39, 0.29) is 17.7 Å². The molecule has 0 radical (unpaired) electrons. The van der Waals surface area contributed by atoms with Gasteiger partial charge in [0.1, 0.15) is 11.6 Å². The fourth-order valence-electron chi connectivity index (χ4n) is 4.43. The summed E-state index contributed by atoms with van der Waals surface area (Å²) in [7, 11) is 0. The Bertz CT molecular complexity index is 1690. The van der Waals surface area contributed by atoms with E-state index in [0.717, 1.165) is 17.7 Å². The van der Waals surface area contributed by atoms with E-state index in [1.807, 2.05) is 61.5 Å². The van der Waals surface area contributed by atoms with Gasteiger partial charge in [0.25, 0.3) is 5.56 Å². The van der Waals surface area contributed by atoms with Crippen LogP contribution in [0.25, 0.3) is 11.8 Å². The number of carbonyl (C=O) groups excluding carboxylic acids is 1. The van der Waals surface area contributed by atoms with Crippen LogP contribution in [0, 0.1) is 5.82 Å². The molecular weight excluding hydrogens is 515 g/mol. The largest absolute Gasteiger partial charge is 0.494 e. The summed E-state index contributed by atoms with van der Waals surface area (Å²) in [5.74, 6) is -0.229. The highest BCUT2D eigenvalue weighted by molar-refractivity contribution is 7.07. The molecule has 0 aliphatic carbocycles. The molecule has 6 nitrogen and oxygen atoms in total. The lowest BCUT2D eigenvalue weighted by atomic mass is 9.93. The predicted octanol–water partition coefficient (Wildman–Crippen LogP) is 4.86. The SMILES string of the molecule is CCCOc1ccc(/C=c2\sc3n(c2=O)[C@H](c2ccc(F)cc2)C(C(=O)OCC)=C(c2ccccc2)N=3)cc1. The topological polar surface area (TPSA) is 69.9 Å². The first-order chi connectivity index (χ1) is 19.0. The van der Waals surface area contributed by atoms with E-state index in [9.17, 15) is 14.0 Å². The first kappa shape index (κ1) is 26.3. The van der Waals surface area contributed by atoms with Crippen molar-refractivity contribution < 1.29 is 18.7 Å². The summed E-state index contributed by atoms with van der Waals surface area (Å²) < 4.78 is 27.0. The van der Waals surface area contributed by atoms with Gasteiger partial charge in [0.15, 0.2) is 4.80 Å². The normalized spacial score (nSPS) is 15.1. The molecule has 5 rings (SSSR count). The second kappa shape index (κ2) is 11.6. The first-order valence-electron chi connectivity index (χ1n) is 12.8. The molecular formula is C31H27FN2O4S. The Balaban J connectivity index is 1.73. The molecule has 0 amide bonds. The van der Waals surface area contributed by atoms with Gasteiger partial charge in [-0.1, -0.05) is 72.9 Å². The first-order valence-corrected chi connectivity index (χ1v) is 13.6. The molecule has 39 heavy (non-hydrogen) atoms. The summed E-state index contributed by atoms with van der Waals surface area (Å²) in [6, 6.07) is 21.8. The number of ether oxygens (including phenoxy) is 2. The lowest BCUT2D eigenvalue weighted by Crippen LogP contribution is -2.40. The number of esters is 1. The number of thiazole rings is 1. The Kier molecular flexibility index (Phi) is 7.84. The Morgan fingerprint density at radius 2 is 1.74 bits per heavy atom. The van der Waals surface area contributed by atoms with Crippen molar-refractivity contribution in [3.8, 4) is 5.75 Å². The van der Waals surface area contributed by atoms with Crippen LogP contribution < -0.4 is 19.6 Å². The summed E-state index contributed by atoms with van der Waals surface area (Å²) in [4.78, 5) is 32.5. The molecule has 4 aromatic rings. The van der Waals surface area contributed by atoms with Gasteiger partial charge in [-0.3, -0.25) is 9.36 Å². The van der Waals surface area contributed by atoms with Crippen LogP contribution >= 0.6 is 11.3 Å². The third-order valence-electron chi connectivity index (χ3n) is 6.21. The quantitative estimate of drug-likeness (QED) is 0.298. The second-order valence-corrected chi connectivity index (χ2v) is 9.91. The third kappa shape index (κ3) is 5.47. The predicted molar refractivity (Wildman–Crippen MR) is 150 cm³/mol. The summed E-state index contributed by atoms with van der Waals surface area (Å²) >= 11 is 1.24. The van der Waals surface area contributed by atoms with Crippen molar-refractivity contribution in [2.24, 2.45) is 4.99 Å². The Hall–Kier alpha value is -4.30. The van der Waals surface area contributed by atoms with Gasteiger partial charge in [-0.2, -0.15) is 0 Å². The van der Waals surface area contributed by atoms with Gasteiger partial charge in [0, 0.05) is 5.56 Å². The summed E-state index contributed by atoms with van der Waals surface area (Å²) in [6.45, 7) is 4.56. The maximum absolute atomic E-state index is 13.9. The van der Waals surface area contributed by atoms with Crippen molar-refractivity contribution in [2.75, 3.05) is 13.2 Å². The number of rotatable bonds is 8. The van der Waals surface area contributed by atoms with Crippen LogP contribution in [0.4, 0.5) is 4.39 Å². The van der Waals surface area contributed by atoms with Gasteiger partial charge < -0.3 is 9.47 Å². The molecule has 0 bridgehead atoms. The van der Waals surface area contributed by atoms with Crippen molar-refractivity contribution in [3.05, 3.63) is 127 Å². The number of halogens is 1. The Morgan fingerprint density at radius 3 is 2.41 bits per heavy atom. The summed E-state index contributed by atoms with van der Waals surface area (Å²) in [5.41, 5.74) is 2.48. The average molecular weight is 543 g/mol. The van der Waals surface area contributed by atoms with Crippen LogP contribution in [0.15, 0.2) is 94.2 Å². The molecule has 8 heteroatoms. The molecule has 2 heterocycles. The van der Waals surface area contributed by atoms with E-state index in [2.05, 4.69) is 0 Å². The average Bonchev–Trinajstić information content (AvgIpc) is 3.27. The zero-order chi connectivity index (χ0) is 27.4. The van der Waals surface area contributed by atoms with Gasteiger partial charge in [-0.25, -0.2) is 14.2 Å². The molecule has 3 aromatic carbocycles. The molecule has 198 valence electrons. The highest BCUT2D eigenvalue weighted by Gasteiger charge is 2.35. The third-order valence-corrected chi connectivity index (χ3v) is 7.19. The lowest BCUT2D eigenvalue weighted by Gasteiger charge is -2.25. The number of hydrogen-bond acceptors (Lipinski definition) is 6. The van der Waals surface area contributed by atoms with Crippen molar-refractivity contribution in [1.82, 2.24) is 4.57 Å². The van der Waals surface area contributed by atoms with Crippen molar-refractivity contribution in [1.29, 1.82) is 0 Å². The summed E-state index contributed by atoms with van der Waals surface area (Å²) in [6.07, 6.45) is 2.71. The number of fused-ring (bicyclic) bond motifs is 1. The van der Waals surface area contributed by atoms with E-state index in [4.69, 9.17) is 14.5 Å². The number of hydrogen-bond donors (Lipinski definition) is 0. The van der Waals surface area contributed by atoms with Gasteiger partial charge in [0.2, 0.25) is 0 Å². The number of aromatic nitrogens is 1. The van der Waals surface area contributed by atoms with Gasteiger partial charge in [0.05, 0.1) is 35.1 Å². The highest BCUT2D eigenvalue weighted by atomic mass is 32.1. The zero-order valence-electron chi connectivity index (χ0n) is 21.6. The van der Waals surface area contributed by atoms with Crippen molar-refractivity contribution in [3.63, 3.8) is 0 Å². The second-order valence-electron chi connectivity index (χ2n) is 8.90. The maximum atomic E-state index is 13.9. The molecule has 0 fully saturated rings. The molecule has 0 saturated carbocycles. The maximum Gasteiger partial charge on any atom is 0.338 e. The number of carbonyl (C=O) groups is 1. The minimum absolute atomic E-state index is 0.156. The fourth-order valence-corrected chi connectivity index (χ4v) is 5.43. The van der Waals surface area contributed by atoms with Crippen molar-refractivity contribution in [2.45, 2.75) is 26.3 Å². The molecule has 1 atom stereocenters. The minimum Gasteiger partial charge on any atom is -0.494 e. The molecule has 1 aliphatic rings. The van der Waals surface area contributed by atoms with Crippen LogP contribution in [0.2, 0.25) is 0 Å². The van der Waals surface area contributed by atoms with E-state index >= 15 is 0 Å². The van der Waals surface area contributed by atoms with Crippen LogP contribution in [0.1, 0.15) is 43.0 Å². The fraction of sp³-hybridized carbons (Fsp3) is 0.194. The van der Waals surface area contributed by atoms with Crippen LogP contribution in [-0.2, 0) is 9.53 Å². The lowest BCUT2D eigenvalue weighted by molar-refractivity contribution is -0.138. The minimum atomic E-state index is -0.844. The van der Waals surface area contributed by atoms with Gasteiger partial charge in [-0.05, 0) is 54.8 Å². The van der Waals surface area contributed by atoms with E-state index in [1.165, 1.54) is 28.0 Å². The van der Waals surface area contributed by atoms with Crippen LogP contribution in [0.3, 0.4) is 0 Å². The monoisotopic (exact) mass is 542 g/mol.